The Morgan fingerprint density at radius 1 is 0.750 bits per heavy atom. The molecule has 0 unspecified atom stereocenters. The Bertz CT molecular complexity index is 1260. The molecule has 0 aliphatic heterocycles. The smallest absolute Gasteiger partial charge is 0.332 e. The summed E-state index contributed by atoms with van der Waals surface area (Å²) in [5.74, 6) is 0. The second-order valence-electron chi connectivity index (χ2n) is 6.46. The van der Waals surface area contributed by atoms with Gasteiger partial charge in [-0.2, -0.15) is 0 Å². The molecule has 0 saturated carbocycles. The van der Waals surface area contributed by atoms with Gasteiger partial charge in [-0.1, -0.05) is 18.2 Å². The van der Waals surface area contributed by atoms with Crippen molar-refractivity contribution in [1.82, 2.24) is 14.1 Å². The minimum atomic E-state index is -0.404. The van der Waals surface area contributed by atoms with E-state index in [1.165, 1.54) is 11.6 Å². The summed E-state index contributed by atoms with van der Waals surface area (Å²) in [5.41, 5.74) is 2.95. The number of aromatic nitrogens is 3. The zero-order valence-corrected chi connectivity index (χ0v) is 15.5. The lowest BCUT2D eigenvalue weighted by atomic mass is 10.2. The summed E-state index contributed by atoms with van der Waals surface area (Å²) in [5, 5.41) is 6.96. The Morgan fingerprint density at radius 2 is 1.36 bits per heavy atom. The van der Waals surface area contributed by atoms with Crippen LogP contribution in [0.2, 0.25) is 0 Å². The lowest BCUT2D eigenvalue weighted by molar-refractivity contribution is 0.708. The van der Waals surface area contributed by atoms with Gasteiger partial charge in [0, 0.05) is 37.4 Å². The van der Waals surface area contributed by atoms with Gasteiger partial charge in [-0.3, -0.25) is 13.9 Å². The van der Waals surface area contributed by atoms with Crippen LogP contribution in [0.1, 0.15) is 0 Å². The number of para-hydroxylation sites is 1. The first-order valence-corrected chi connectivity index (χ1v) is 8.78. The number of rotatable bonds is 4. The first-order chi connectivity index (χ1) is 13.5. The van der Waals surface area contributed by atoms with E-state index in [0.717, 1.165) is 21.6 Å². The second kappa shape index (κ2) is 7.03. The Balaban J connectivity index is 1.67. The molecule has 0 fully saturated rings. The van der Waals surface area contributed by atoms with E-state index in [2.05, 4.69) is 15.6 Å². The van der Waals surface area contributed by atoms with Crippen molar-refractivity contribution in [2.45, 2.75) is 0 Å². The van der Waals surface area contributed by atoms with Crippen molar-refractivity contribution in [3.05, 3.63) is 87.7 Å². The van der Waals surface area contributed by atoms with Crippen LogP contribution in [-0.4, -0.2) is 14.1 Å². The molecule has 7 nitrogen and oxygen atoms in total. The van der Waals surface area contributed by atoms with Crippen LogP contribution in [0.5, 0.6) is 0 Å². The molecule has 0 radical (unpaired) electrons. The molecular formula is C21H19N5O2. The summed E-state index contributed by atoms with van der Waals surface area (Å²) < 4.78 is 2.46. The van der Waals surface area contributed by atoms with Crippen LogP contribution in [0.15, 0.2) is 76.4 Å². The van der Waals surface area contributed by atoms with Gasteiger partial charge in [-0.25, -0.2) is 9.78 Å². The minimum Gasteiger partial charge on any atom is -0.356 e. The largest absolute Gasteiger partial charge is 0.356 e. The Kier molecular flexibility index (Phi) is 4.41. The molecule has 0 amide bonds. The van der Waals surface area contributed by atoms with Crippen LogP contribution in [0.25, 0.3) is 11.0 Å². The lowest BCUT2D eigenvalue weighted by Crippen LogP contribution is -2.37. The van der Waals surface area contributed by atoms with Crippen LogP contribution in [0.3, 0.4) is 0 Å². The van der Waals surface area contributed by atoms with Crippen LogP contribution < -0.4 is 21.9 Å². The standard InChI is InChI=1S/C21H19N5O2/c1-25-19-18(20(27)26(2)21(25)28)17(12-13-22-19)24-16-10-8-15(9-11-16)23-14-6-4-3-5-7-14/h3-13,23H,1-2H3,(H,22,24). The molecule has 4 aromatic rings. The van der Waals surface area contributed by atoms with E-state index in [4.69, 9.17) is 0 Å². The zero-order chi connectivity index (χ0) is 19.7. The Labute approximate surface area is 160 Å². The molecule has 0 spiro atoms. The van der Waals surface area contributed by atoms with E-state index < -0.39 is 5.69 Å². The summed E-state index contributed by atoms with van der Waals surface area (Å²) in [6.45, 7) is 0. The third-order valence-corrected chi connectivity index (χ3v) is 4.57. The van der Waals surface area contributed by atoms with Gasteiger partial charge in [0.1, 0.15) is 5.39 Å². The van der Waals surface area contributed by atoms with Gasteiger partial charge in [-0.15, -0.1) is 0 Å². The summed E-state index contributed by atoms with van der Waals surface area (Å²) >= 11 is 0. The fraction of sp³-hybridized carbons (Fsp3) is 0.0952. The summed E-state index contributed by atoms with van der Waals surface area (Å²) in [4.78, 5) is 29.0. The number of hydrogen-bond donors (Lipinski definition) is 2. The van der Waals surface area contributed by atoms with Gasteiger partial charge < -0.3 is 10.6 Å². The molecule has 2 N–H and O–H groups in total. The second-order valence-corrected chi connectivity index (χ2v) is 6.46. The maximum absolute atomic E-state index is 12.6. The molecule has 28 heavy (non-hydrogen) atoms. The summed E-state index contributed by atoms with van der Waals surface area (Å²) in [7, 11) is 3.07. The van der Waals surface area contributed by atoms with Crippen molar-refractivity contribution in [1.29, 1.82) is 0 Å². The first kappa shape index (κ1) is 17.5. The van der Waals surface area contributed by atoms with Crippen molar-refractivity contribution in [2.24, 2.45) is 14.1 Å². The van der Waals surface area contributed by atoms with Gasteiger partial charge in [0.05, 0.1) is 5.69 Å². The molecule has 2 aromatic carbocycles. The fourth-order valence-corrected chi connectivity index (χ4v) is 3.07. The highest BCUT2D eigenvalue weighted by atomic mass is 16.2. The van der Waals surface area contributed by atoms with Crippen LogP contribution in [-0.2, 0) is 14.1 Å². The highest BCUT2D eigenvalue weighted by molar-refractivity contribution is 5.90. The third kappa shape index (κ3) is 3.14. The van der Waals surface area contributed by atoms with Gasteiger partial charge in [-0.05, 0) is 42.5 Å². The number of aryl methyl sites for hydroxylation is 1. The number of fused-ring (bicyclic) bond motifs is 1. The Morgan fingerprint density at radius 3 is 2.04 bits per heavy atom. The number of nitrogens with one attached hydrogen (secondary N) is 2. The number of hydrogen-bond acceptors (Lipinski definition) is 5. The monoisotopic (exact) mass is 373 g/mol. The van der Waals surface area contributed by atoms with Crippen molar-refractivity contribution >= 4 is 33.8 Å². The van der Waals surface area contributed by atoms with E-state index in [1.54, 1.807) is 19.3 Å². The van der Waals surface area contributed by atoms with E-state index in [1.807, 2.05) is 54.6 Å². The van der Waals surface area contributed by atoms with Crippen molar-refractivity contribution in [3.8, 4) is 0 Å². The predicted molar refractivity (Wildman–Crippen MR) is 112 cm³/mol. The van der Waals surface area contributed by atoms with Crippen LogP contribution in [0.4, 0.5) is 22.7 Å². The maximum Gasteiger partial charge on any atom is 0.332 e. The summed E-state index contributed by atoms with van der Waals surface area (Å²) in [6.07, 6.45) is 1.58. The molecule has 2 heterocycles. The van der Waals surface area contributed by atoms with E-state index >= 15 is 0 Å². The molecule has 2 aromatic heterocycles. The van der Waals surface area contributed by atoms with Crippen molar-refractivity contribution in [2.75, 3.05) is 10.6 Å². The van der Waals surface area contributed by atoms with Gasteiger partial charge in [0.2, 0.25) is 0 Å². The number of anilines is 4. The average Bonchev–Trinajstić information content (AvgIpc) is 2.73. The molecule has 0 saturated heterocycles. The molecule has 0 atom stereocenters. The predicted octanol–water partition coefficient (Wildman–Crippen LogP) is 3.12. The third-order valence-electron chi connectivity index (χ3n) is 4.57. The number of nitrogens with zero attached hydrogens (tertiary/aromatic N) is 3. The topological polar surface area (TPSA) is 81.0 Å². The molecule has 140 valence electrons. The first-order valence-electron chi connectivity index (χ1n) is 8.78. The Hall–Kier alpha value is -3.87. The molecule has 4 rings (SSSR count). The van der Waals surface area contributed by atoms with E-state index in [-0.39, 0.29) is 5.56 Å². The van der Waals surface area contributed by atoms with Gasteiger partial charge in [0.15, 0.2) is 5.65 Å². The molecule has 0 bridgehead atoms. The zero-order valence-electron chi connectivity index (χ0n) is 15.5. The van der Waals surface area contributed by atoms with Crippen molar-refractivity contribution < 1.29 is 0 Å². The van der Waals surface area contributed by atoms with E-state index in [0.29, 0.717) is 16.7 Å². The summed E-state index contributed by atoms with van der Waals surface area (Å²) in [6, 6.07) is 19.4. The molecular weight excluding hydrogens is 354 g/mol. The van der Waals surface area contributed by atoms with Gasteiger partial charge in [0.25, 0.3) is 5.56 Å². The molecule has 0 aliphatic carbocycles. The van der Waals surface area contributed by atoms with Crippen LogP contribution in [0, 0.1) is 0 Å². The number of pyridine rings is 1. The van der Waals surface area contributed by atoms with Crippen LogP contribution >= 0.6 is 0 Å². The lowest BCUT2D eigenvalue weighted by Gasteiger charge is -2.13. The SMILES string of the molecule is Cn1c(=O)c2c(Nc3ccc(Nc4ccccc4)cc3)ccnc2n(C)c1=O. The minimum absolute atomic E-state index is 0.348. The average molecular weight is 373 g/mol. The van der Waals surface area contributed by atoms with Gasteiger partial charge >= 0.3 is 5.69 Å². The fourth-order valence-electron chi connectivity index (χ4n) is 3.07. The molecule has 7 heteroatoms. The highest BCUT2D eigenvalue weighted by Gasteiger charge is 2.13. The normalized spacial score (nSPS) is 10.8. The van der Waals surface area contributed by atoms with Crippen molar-refractivity contribution in [3.63, 3.8) is 0 Å². The quantitative estimate of drug-likeness (QED) is 0.574. The van der Waals surface area contributed by atoms with E-state index in [9.17, 15) is 9.59 Å². The molecule has 0 aliphatic rings. The maximum atomic E-state index is 12.6. The number of benzene rings is 2. The highest BCUT2D eigenvalue weighted by Crippen LogP contribution is 2.24.